The van der Waals surface area contributed by atoms with Crippen LogP contribution in [0.4, 0.5) is 0 Å². The molecule has 9 heteroatoms. The Labute approximate surface area is 189 Å². The average molecular weight is 448 g/mol. The standard InChI is InChI=1S/C23H21N7O.ClH/c1-28-18-12-15(8-9-16(18)13-24-28)19-20(26-21(25-19)14-6-4-3-5-7-14)22-27-29(2)23(31)30(22)17-10-11-17;/h3-9,12-13,17H,10-11H2,1-2H3,(H,25,26);1H. The molecular formula is C23H22ClN7O. The van der Waals surface area contributed by atoms with Crippen molar-refractivity contribution in [3.8, 4) is 34.2 Å². The van der Waals surface area contributed by atoms with Crippen LogP contribution in [0, 0.1) is 0 Å². The van der Waals surface area contributed by atoms with Crippen LogP contribution in [0.1, 0.15) is 18.9 Å². The van der Waals surface area contributed by atoms with Crippen LogP contribution in [0.5, 0.6) is 0 Å². The van der Waals surface area contributed by atoms with Gasteiger partial charge in [0.1, 0.15) is 17.2 Å². The van der Waals surface area contributed by atoms with Gasteiger partial charge in [-0.3, -0.25) is 9.25 Å². The smallest absolute Gasteiger partial charge is 0.335 e. The largest absolute Gasteiger partial charge is 0.346 e. The molecule has 1 N–H and O–H groups in total. The Morgan fingerprint density at radius 1 is 1.00 bits per heavy atom. The molecule has 8 nitrogen and oxygen atoms in total. The van der Waals surface area contributed by atoms with Crippen molar-refractivity contribution in [3.05, 3.63) is 65.2 Å². The van der Waals surface area contributed by atoms with Gasteiger partial charge in [0.25, 0.3) is 0 Å². The number of halogens is 1. The summed E-state index contributed by atoms with van der Waals surface area (Å²) >= 11 is 0. The molecule has 0 saturated heterocycles. The molecule has 0 amide bonds. The molecule has 0 aliphatic heterocycles. The number of hydrogen-bond donors (Lipinski definition) is 1. The van der Waals surface area contributed by atoms with E-state index in [2.05, 4.69) is 21.2 Å². The molecule has 3 aromatic heterocycles. The lowest BCUT2D eigenvalue weighted by Crippen LogP contribution is -2.22. The quantitative estimate of drug-likeness (QED) is 0.452. The van der Waals surface area contributed by atoms with E-state index in [1.165, 1.54) is 4.68 Å². The molecule has 0 bridgehead atoms. The molecule has 32 heavy (non-hydrogen) atoms. The SMILES string of the molecule is Cl.Cn1nc(-c2[nH]c(-c3ccccc3)nc2-c2ccc3cnn(C)c3c2)n(C2CC2)c1=O. The number of rotatable bonds is 4. The Morgan fingerprint density at radius 2 is 1.78 bits per heavy atom. The minimum Gasteiger partial charge on any atom is -0.335 e. The average Bonchev–Trinajstić information content (AvgIpc) is 3.30. The predicted molar refractivity (Wildman–Crippen MR) is 126 cm³/mol. The van der Waals surface area contributed by atoms with Gasteiger partial charge in [-0.25, -0.2) is 14.5 Å². The molecule has 6 rings (SSSR count). The Hall–Kier alpha value is -3.65. The summed E-state index contributed by atoms with van der Waals surface area (Å²) in [5, 5.41) is 10.0. The van der Waals surface area contributed by atoms with Gasteiger partial charge in [-0.1, -0.05) is 42.5 Å². The van der Waals surface area contributed by atoms with E-state index >= 15 is 0 Å². The van der Waals surface area contributed by atoms with Gasteiger partial charge < -0.3 is 4.98 Å². The fourth-order valence-electron chi connectivity index (χ4n) is 4.08. The fourth-order valence-corrected chi connectivity index (χ4v) is 4.08. The summed E-state index contributed by atoms with van der Waals surface area (Å²) in [7, 11) is 3.62. The summed E-state index contributed by atoms with van der Waals surface area (Å²) in [6.07, 6.45) is 3.84. The van der Waals surface area contributed by atoms with Crippen molar-refractivity contribution in [2.24, 2.45) is 14.1 Å². The molecule has 1 saturated carbocycles. The number of H-pyrrole nitrogens is 1. The van der Waals surface area contributed by atoms with Crippen molar-refractivity contribution in [1.82, 2.24) is 34.1 Å². The van der Waals surface area contributed by atoms with Crippen molar-refractivity contribution < 1.29 is 0 Å². The van der Waals surface area contributed by atoms with E-state index in [-0.39, 0.29) is 24.1 Å². The summed E-state index contributed by atoms with van der Waals surface area (Å²) < 4.78 is 5.06. The van der Waals surface area contributed by atoms with Crippen molar-refractivity contribution in [2.75, 3.05) is 0 Å². The number of aryl methyl sites for hydroxylation is 2. The van der Waals surface area contributed by atoms with Crippen LogP contribution >= 0.6 is 12.4 Å². The van der Waals surface area contributed by atoms with Crippen LogP contribution in [0.3, 0.4) is 0 Å². The lowest BCUT2D eigenvalue weighted by molar-refractivity contribution is 0.667. The lowest BCUT2D eigenvalue weighted by Gasteiger charge is -2.05. The first-order valence-electron chi connectivity index (χ1n) is 10.3. The second-order valence-electron chi connectivity index (χ2n) is 8.05. The topological polar surface area (TPSA) is 86.3 Å². The van der Waals surface area contributed by atoms with Crippen molar-refractivity contribution in [2.45, 2.75) is 18.9 Å². The second kappa shape index (κ2) is 7.49. The maximum Gasteiger partial charge on any atom is 0.346 e. The third kappa shape index (κ3) is 3.15. The molecule has 0 spiro atoms. The van der Waals surface area contributed by atoms with Crippen LogP contribution in [-0.4, -0.2) is 34.1 Å². The minimum atomic E-state index is -0.0959. The van der Waals surface area contributed by atoms with Gasteiger partial charge in [-0.15, -0.1) is 17.5 Å². The van der Waals surface area contributed by atoms with E-state index in [9.17, 15) is 4.79 Å². The monoisotopic (exact) mass is 447 g/mol. The maximum absolute atomic E-state index is 12.8. The zero-order valence-corrected chi connectivity index (χ0v) is 18.5. The highest BCUT2D eigenvalue weighted by atomic mass is 35.5. The number of fused-ring (bicyclic) bond motifs is 1. The molecule has 162 valence electrons. The second-order valence-corrected chi connectivity index (χ2v) is 8.05. The molecule has 0 atom stereocenters. The normalized spacial score (nSPS) is 13.4. The lowest BCUT2D eigenvalue weighted by atomic mass is 10.1. The van der Waals surface area contributed by atoms with Crippen LogP contribution in [0.25, 0.3) is 45.1 Å². The first kappa shape index (κ1) is 20.3. The van der Waals surface area contributed by atoms with Gasteiger partial charge >= 0.3 is 5.69 Å². The van der Waals surface area contributed by atoms with Crippen LogP contribution in [0.2, 0.25) is 0 Å². The van der Waals surface area contributed by atoms with E-state index < -0.39 is 0 Å². The predicted octanol–water partition coefficient (Wildman–Crippen LogP) is 3.95. The minimum absolute atomic E-state index is 0. The molecule has 0 unspecified atom stereocenters. The van der Waals surface area contributed by atoms with Crippen LogP contribution in [0.15, 0.2) is 59.5 Å². The summed E-state index contributed by atoms with van der Waals surface area (Å²) in [4.78, 5) is 21.2. The zero-order chi connectivity index (χ0) is 21.1. The number of nitrogens with one attached hydrogen (secondary N) is 1. The fraction of sp³-hybridized carbons (Fsp3) is 0.217. The number of aromatic nitrogens is 7. The number of benzene rings is 2. The van der Waals surface area contributed by atoms with Gasteiger partial charge in [0, 0.05) is 36.7 Å². The van der Waals surface area contributed by atoms with Crippen molar-refractivity contribution in [3.63, 3.8) is 0 Å². The van der Waals surface area contributed by atoms with Crippen LogP contribution < -0.4 is 5.69 Å². The van der Waals surface area contributed by atoms with Crippen molar-refractivity contribution >= 4 is 23.3 Å². The Kier molecular flexibility index (Phi) is 4.74. The first-order valence-corrected chi connectivity index (χ1v) is 10.3. The van der Waals surface area contributed by atoms with Gasteiger partial charge in [0.2, 0.25) is 0 Å². The number of aromatic amines is 1. The highest BCUT2D eigenvalue weighted by Crippen LogP contribution is 2.39. The van der Waals surface area contributed by atoms with E-state index in [1.54, 1.807) is 11.6 Å². The highest BCUT2D eigenvalue weighted by Gasteiger charge is 2.32. The molecule has 2 aromatic carbocycles. The Bertz CT molecular complexity index is 1490. The third-order valence-electron chi connectivity index (χ3n) is 5.87. The third-order valence-corrected chi connectivity index (χ3v) is 5.87. The summed E-state index contributed by atoms with van der Waals surface area (Å²) in [5.41, 5.74) is 4.38. The van der Waals surface area contributed by atoms with Gasteiger partial charge in [-0.2, -0.15) is 5.10 Å². The molecule has 3 heterocycles. The van der Waals surface area contributed by atoms with Crippen LogP contribution in [-0.2, 0) is 14.1 Å². The highest BCUT2D eigenvalue weighted by molar-refractivity contribution is 5.87. The summed E-state index contributed by atoms with van der Waals surface area (Å²) in [5.74, 6) is 1.38. The zero-order valence-electron chi connectivity index (χ0n) is 17.7. The van der Waals surface area contributed by atoms with Gasteiger partial charge in [0.15, 0.2) is 5.82 Å². The number of hydrogen-bond acceptors (Lipinski definition) is 4. The molecule has 1 aliphatic carbocycles. The first-order chi connectivity index (χ1) is 15.1. The maximum atomic E-state index is 12.8. The summed E-state index contributed by atoms with van der Waals surface area (Å²) in [6.45, 7) is 0. The molecule has 1 aliphatic rings. The number of imidazole rings is 1. The van der Waals surface area contributed by atoms with E-state index in [0.29, 0.717) is 5.82 Å². The van der Waals surface area contributed by atoms with E-state index in [0.717, 1.165) is 52.1 Å². The number of nitrogens with zero attached hydrogens (tertiary/aromatic N) is 6. The molecule has 0 radical (unpaired) electrons. The molecule has 5 aromatic rings. The molecule has 1 fully saturated rings. The van der Waals surface area contributed by atoms with E-state index in [1.807, 2.05) is 60.4 Å². The summed E-state index contributed by atoms with van der Waals surface area (Å²) in [6, 6.07) is 16.4. The Morgan fingerprint density at radius 3 is 2.53 bits per heavy atom. The van der Waals surface area contributed by atoms with Gasteiger partial charge in [0.05, 0.1) is 11.7 Å². The van der Waals surface area contributed by atoms with Gasteiger partial charge in [-0.05, 0) is 18.9 Å². The molecular weight excluding hydrogens is 426 g/mol. The van der Waals surface area contributed by atoms with Crippen molar-refractivity contribution in [1.29, 1.82) is 0 Å². The van der Waals surface area contributed by atoms with E-state index in [4.69, 9.17) is 4.98 Å². The Balaban J connectivity index is 0.00000216.